The first-order chi connectivity index (χ1) is 14.0. The molecule has 6 nitrogen and oxygen atoms in total. The van der Waals surface area contributed by atoms with Crippen molar-refractivity contribution in [3.05, 3.63) is 76.6 Å². The molecule has 3 aromatic rings. The van der Waals surface area contributed by atoms with Crippen LogP contribution in [0.5, 0.6) is 0 Å². The predicted octanol–water partition coefficient (Wildman–Crippen LogP) is 3.55. The number of anilines is 1. The van der Waals surface area contributed by atoms with Gasteiger partial charge in [0.15, 0.2) is 5.76 Å². The minimum atomic E-state index is -0.0513. The number of hydrogen-bond donors (Lipinski definition) is 0. The molecule has 6 heteroatoms. The van der Waals surface area contributed by atoms with E-state index in [0.29, 0.717) is 18.8 Å². The molecule has 0 saturated carbocycles. The summed E-state index contributed by atoms with van der Waals surface area (Å²) in [5.74, 6) is 2.11. The highest BCUT2D eigenvalue weighted by atomic mass is 16.3. The molecule has 1 saturated heterocycles. The van der Waals surface area contributed by atoms with Gasteiger partial charge in [-0.25, -0.2) is 9.97 Å². The third kappa shape index (κ3) is 4.16. The second-order valence-electron chi connectivity index (χ2n) is 7.58. The van der Waals surface area contributed by atoms with Gasteiger partial charge in [0.05, 0.1) is 6.26 Å². The molecule has 0 bridgehead atoms. The van der Waals surface area contributed by atoms with Gasteiger partial charge in [0.1, 0.15) is 11.6 Å². The van der Waals surface area contributed by atoms with E-state index in [-0.39, 0.29) is 5.91 Å². The first-order valence-corrected chi connectivity index (χ1v) is 9.98. The molecule has 1 aliphatic heterocycles. The average Bonchev–Trinajstić information content (AvgIpc) is 3.26. The number of piperazine rings is 1. The van der Waals surface area contributed by atoms with Crippen molar-refractivity contribution in [3.8, 4) is 0 Å². The van der Waals surface area contributed by atoms with Crippen molar-refractivity contribution >= 4 is 11.7 Å². The van der Waals surface area contributed by atoms with Crippen molar-refractivity contribution in [2.75, 3.05) is 31.1 Å². The number of benzene rings is 1. The largest absolute Gasteiger partial charge is 0.459 e. The summed E-state index contributed by atoms with van der Waals surface area (Å²) in [5, 5.41) is 0. The highest BCUT2D eigenvalue weighted by Crippen LogP contribution is 2.25. The number of amides is 1. The monoisotopic (exact) mass is 390 g/mol. The molecule has 29 heavy (non-hydrogen) atoms. The fourth-order valence-corrected chi connectivity index (χ4v) is 3.77. The normalized spacial score (nSPS) is 14.3. The third-order valence-electron chi connectivity index (χ3n) is 5.40. The highest BCUT2D eigenvalue weighted by molar-refractivity contribution is 5.91. The van der Waals surface area contributed by atoms with Crippen LogP contribution in [0.15, 0.2) is 47.1 Å². The second-order valence-corrected chi connectivity index (χ2v) is 7.58. The number of carbonyl (C=O) groups is 1. The molecule has 0 radical (unpaired) electrons. The van der Waals surface area contributed by atoms with Crippen LogP contribution in [-0.4, -0.2) is 47.0 Å². The standard InChI is InChI=1S/C23H26N4O2/c1-16-6-8-19(9-7-16)15-20-17(2)24-18(3)25-22(20)26-10-12-27(13-11-26)23(28)21-5-4-14-29-21/h4-9,14H,10-13,15H2,1-3H3. The zero-order valence-corrected chi connectivity index (χ0v) is 17.2. The summed E-state index contributed by atoms with van der Waals surface area (Å²) in [5.41, 5.74) is 4.68. The maximum Gasteiger partial charge on any atom is 0.289 e. The van der Waals surface area contributed by atoms with E-state index in [1.807, 2.05) is 11.8 Å². The number of rotatable bonds is 4. The first-order valence-electron chi connectivity index (χ1n) is 9.98. The average molecular weight is 390 g/mol. The van der Waals surface area contributed by atoms with Crippen LogP contribution >= 0.6 is 0 Å². The van der Waals surface area contributed by atoms with Crippen LogP contribution in [0.4, 0.5) is 5.82 Å². The second kappa shape index (κ2) is 8.07. The fraction of sp³-hybridized carbons (Fsp3) is 0.348. The molecule has 1 amide bonds. The van der Waals surface area contributed by atoms with Crippen LogP contribution in [0.3, 0.4) is 0 Å². The molecular formula is C23H26N4O2. The third-order valence-corrected chi connectivity index (χ3v) is 5.40. The van der Waals surface area contributed by atoms with Gasteiger partial charge in [0.25, 0.3) is 5.91 Å². The maximum absolute atomic E-state index is 12.5. The first kappa shape index (κ1) is 19.2. The zero-order valence-electron chi connectivity index (χ0n) is 17.2. The molecule has 3 heterocycles. The van der Waals surface area contributed by atoms with Crippen LogP contribution in [0, 0.1) is 20.8 Å². The van der Waals surface area contributed by atoms with E-state index in [1.54, 1.807) is 12.1 Å². The van der Waals surface area contributed by atoms with E-state index in [0.717, 1.165) is 42.4 Å². The lowest BCUT2D eigenvalue weighted by Gasteiger charge is -2.36. The lowest BCUT2D eigenvalue weighted by Crippen LogP contribution is -2.49. The predicted molar refractivity (Wildman–Crippen MR) is 112 cm³/mol. The van der Waals surface area contributed by atoms with Gasteiger partial charge in [-0.15, -0.1) is 0 Å². The maximum atomic E-state index is 12.5. The lowest BCUT2D eigenvalue weighted by molar-refractivity contribution is 0.0714. The molecule has 0 unspecified atom stereocenters. The molecule has 0 spiro atoms. The van der Waals surface area contributed by atoms with Crippen LogP contribution in [-0.2, 0) is 6.42 Å². The minimum Gasteiger partial charge on any atom is -0.459 e. The molecule has 1 aliphatic rings. The molecule has 1 fully saturated rings. The van der Waals surface area contributed by atoms with Crippen molar-refractivity contribution in [1.82, 2.24) is 14.9 Å². The SMILES string of the molecule is Cc1ccc(Cc2c(C)nc(C)nc2N2CCN(C(=O)c3ccco3)CC2)cc1. The molecule has 1 aromatic carbocycles. The van der Waals surface area contributed by atoms with Crippen LogP contribution in [0.1, 0.15) is 38.8 Å². The summed E-state index contributed by atoms with van der Waals surface area (Å²) in [6, 6.07) is 12.1. The topological polar surface area (TPSA) is 62.5 Å². The molecule has 0 atom stereocenters. The van der Waals surface area contributed by atoms with Gasteiger partial charge in [0.2, 0.25) is 0 Å². The number of aromatic nitrogens is 2. The summed E-state index contributed by atoms with van der Waals surface area (Å²) in [7, 11) is 0. The van der Waals surface area contributed by atoms with Gasteiger partial charge >= 0.3 is 0 Å². The number of hydrogen-bond acceptors (Lipinski definition) is 5. The van der Waals surface area contributed by atoms with Crippen LogP contribution in [0.2, 0.25) is 0 Å². The summed E-state index contributed by atoms with van der Waals surface area (Å²) in [4.78, 5) is 26.0. The van der Waals surface area contributed by atoms with Crippen molar-refractivity contribution < 1.29 is 9.21 Å². The van der Waals surface area contributed by atoms with E-state index >= 15 is 0 Å². The summed E-state index contributed by atoms with van der Waals surface area (Å²) in [6.45, 7) is 8.85. The van der Waals surface area contributed by atoms with Crippen molar-refractivity contribution in [2.24, 2.45) is 0 Å². The number of furan rings is 1. The van der Waals surface area contributed by atoms with E-state index in [9.17, 15) is 4.79 Å². The smallest absolute Gasteiger partial charge is 0.289 e. The number of aryl methyl sites for hydroxylation is 3. The summed E-state index contributed by atoms with van der Waals surface area (Å²) in [6.07, 6.45) is 2.33. The van der Waals surface area contributed by atoms with E-state index in [2.05, 4.69) is 48.0 Å². The molecule has 2 aromatic heterocycles. The Balaban J connectivity index is 1.54. The Morgan fingerprint density at radius 3 is 2.38 bits per heavy atom. The van der Waals surface area contributed by atoms with Crippen molar-refractivity contribution in [2.45, 2.75) is 27.2 Å². The van der Waals surface area contributed by atoms with Gasteiger partial charge in [-0.2, -0.15) is 0 Å². The van der Waals surface area contributed by atoms with Gasteiger partial charge < -0.3 is 14.2 Å². The Morgan fingerprint density at radius 2 is 1.72 bits per heavy atom. The molecule has 0 N–H and O–H groups in total. The zero-order chi connectivity index (χ0) is 20.4. The molecule has 150 valence electrons. The Bertz CT molecular complexity index is 988. The quantitative estimate of drug-likeness (QED) is 0.682. The minimum absolute atomic E-state index is 0.0513. The van der Waals surface area contributed by atoms with Crippen LogP contribution < -0.4 is 4.90 Å². The number of nitrogens with zero attached hydrogens (tertiary/aromatic N) is 4. The summed E-state index contributed by atoms with van der Waals surface area (Å²) < 4.78 is 5.26. The van der Waals surface area contributed by atoms with Crippen LogP contribution in [0.25, 0.3) is 0 Å². The molecule has 0 aliphatic carbocycles. The van der Waals surface area contributed by atoms with E-state index < -0.39 is 0 Å². The number of carbonyl (C=O) groups excluding carboxylic acids is 1. The summed E-state index contributed by atoms with van der Waals surface area (Å²) >= 11 is 0. The Labute approximate surface area is 171 Å². The fourth-order valence-electron chi connectivity index (χ4n) is 3.77. The van der Waals surface area contributed by atoms with Gasteiger partial charge in [0, 0.05) is 43.9 Å². The van der Waals surface area contributed by atoms with Gasteiger partial charge in [-0.05, 0) is 38.5 Å². The highest BCUT2D eigenvalue weighted by Gasteiger charge is 2.26. The molecular weight excluding hydrogens is 364 g/mol. The van der Waals surface area contributed by atoms with Crippen molar-refractivity contribution in [3.63, 3.8) is 0 Å². The lowest BCUT2D eigenvalue weighted by atomic mass is 10.0. The molecule has 4 rings (SSSR count). The van der Waals surface area contributed by atoms with Gasteiger partial charge in [-0.1, -0.05) is 29.8 Å². The van der Waals surface area contributed by atoms with Crippen molar-refractivity contribution in [1.29, 1.82) is 0 Å². The Kier molecular flexibility index (Phi) is 5.34. The van der Waals surface area contributed by atoms with Gasteiger partial charge in [-0.3, -0.25) is 4.79 Å². The van der Waals surface area contributed by atoms with E-state index in [1.165, 1.54) is 17.4 Å². The Morgan fingerprint density at radius 1 is 1.00 bits per heavy atom. The van der Waals surface area contributed by atoms with E-state index in [4.69, 9.17) is 9.40 Å². The Hall–Kier alpha value is -3.15.